The maximum Gasteiger partial charge on any atom is 0.326 e. The van der Waals surface area contributed by atoms with Crippen molar-refractivity contribution in [1.29, 1.82) is 0 Å². The summed E-state index contributed by atoms with van der Waals surface area (Å²) in [6.45, 7) is 0. The average Bonchev–Trinajstić information content (AvgIpc) is 2.48. The molecule has 1 heterocycles. The number of carboxylic acid groups (broad SMARTS) is 1. The van der Waals surface area contributed by atoms with Gasteiger partial charge in [-0.25, -0.2) is 9.59 Å². The van der Waals surface area contributed by atoms with Gasteiger partial charge in [0.05, 0.1) is 0 Å². The summed E-state index contributed by atoms with van der Waals surface area (Å²) in [5, 5.41) is 14.7. The molecule has 5 nitrogen and oxygen atoms in total. The van der Waals surface area contributed by atoms with Crippen LogP contribution in [-0.2, 0) is 11.2 Å². The lowest BCUT2D eigenvalue weighted by molar-refractivity contribution is -0.139. The SMILES string of the molecule is O=C(NC1CCCSC1)NC(Cc1ccccc1)C(=O)O. The van der Waals surface area contributed by atoms with Crippen molar-refractivity contribution in [2.45, 2.75) is 31.3 Å². The lowest BCUT2D eigenvalue weighted by Gasteiger charge is -2.24. The summed E-state index contributed by atoms with van der Waals surface area (Å²) in [7, 11) is 0. The Kier molecular flexibility index (Phi) is 5.92. The summed E-state index contributed by atoms with van der Waals surface area (Å²) < 4.78 is 0. The van der Waals surface area contributed by atoms with Gasteiger partial charge in [-0.15, -0.1) is 0 Å². The number of rotatable bonds is 5. The molecule has 1 saturated heterocycles. The van der Waals surface area contributed by atoms with Crippen molar-refractivity contribution in [1.82, 2.24) is 10.6 Å². The first-order valence-corrected chi connectivity index (χ1v) is 8.22. The molecule has 1 aromatic rings. The Hall–Kier alpha value is -1.69. The number of aliphatic carboxylic acids is 1. The van der Waals surface area contributed by atoms with Crippen molar-refractivity contribution in [3.63, 3.8) is 0 Å². The van der Waals surface area contributed by atoms with Crippen molar-refractivity contribution in [2.24, 2.45) is 0 Å². The van der Waals surface area contributed by atoms with Gasteiger partial charge in [-0.05, 0) is 24.2 Å². The molecule has 0 bridgehead atoms. The Morgan fingerprint density at radius 1 is 1.33 bits per heavy atom. The van der Waals surface area contributed by atoms with E-state index in [4.69, 9.17) is 0 Å². The van der Waals surface area contributed by atoms with E-state index in [1.807, 2.05) is 42.1 Å². The zero-order valence-corrected chi connectivity index (χ0v) is 12.6. The number of carbonyl (C=O) groups excluding carboxylic acids is 1. The van der Waals surface area contributed by atoms with Crippen LogP contribution in [0.25, 0.3) is 0 Å². The molecular weight excluding hydrogens is 288 g/mol. The van der Waals surface area contributed by atoms with E-state index in [-0.39, 0.29) is 12.5 Å². The van der Waals surface area contributed by atoms with Crippen LogP contribution in [0, 0.1) is 0 Å². The van der Waals surface area contributed by atoms with E-state index in [1.54, 1.807) is 0 Å². The summed E-state index contributed by atoms with van der Waals surface area (Å²) in [5.41, 5.74) is 0.887. The number of carbonyl (C=O) groups is 2. The molecule has 0 aliphatic carbocycles. The van der Waals surface area contributed by atoms with Crippen LogP contribution < -0.4 is 10.6 Å². The fraction of sp³-hybridized carbons (Fsp3) is 0.467. The van der Waals surface area contributed by atoms with Gasteiger partial charge >= 0.3 is 12.0 Å². The van der Waals surface area contributed by atoms with E-state index in [1.165, 1.54) is 0 Å². The molecule has 1 fully saturated rings. The van der Waals surface area contributed by atoms with Crippen LogP contribution in [0.1, 0.15) is 18.4 Å². The summed E-state index contributed by atoms with van der Waals surface area (Å²) in [6, 6.07) is 8.12. The van der Waals surface area contributed by atoms with E-state index in [0.717, 1.165) is 29.9 Å². The number of urea groups is 1. The minimum atomic E-state index is -1.02. The quantitative estimate of drug-likeness (QED) is 0.776. The molecule has 6 heteroatoms. The van der Waals surface area contributed by atoms with Crippen molar-refractivity contribution >= 4 is 23.8 Å². The van der Waals surface area contributed by atoms with Crippen molar-refractivity contribution in [3.8, 4) is 0 Å². The minimum Gasteiger partial charge on any atom is -0.480 e. The molecule has 3 N–H and O–H groups in total. The highest BCUT2D eigenvalue weighted by Crippen LogP contribution is 2.16. The molecular formula is C15H20N2O3S. The van der Waals surface area contributed by atoms with Crippen LogP contribution in [0.3, 0.4) is 0 Å². The van der Waals surface area contributed by atoms with Crippen LogP contribution in [0.15, 0.2) is 30.3 Å². The number of amides is 2. The Morgan fingerprint density at radius 3 is 2.71 bits per heavy atom. The number of nitrogens with one attached hydrogen (secondary N) is 2. The standard InChI is InChI=1S/C15H20N2O3S/c18-14(19)13(9-11-5-2-1-3-6-11)17-15(20)16-12-7-4-8-21-10-12/h1-3,5-6,12-13H,4,7-10H2,(H,18,19)(H2,16,17,20). The Bertz CT molecular complexity index is 475. The zero-order valence-electron chi connectivity index (χ0n) is 11.7. The Balaban J connectivity index is 1.86. The normalized spacial score (nSPS) is 19.5. The maximum absolute atomic E-state index is 11.9. The van der Waals surface area contributed by atoms with Gasteiger partial charge in [-0.2, -0.15) is 11.8 Å². The van der Waals surface area contributed by atoms with Gasteiger partial charge in [0.1, 0.15) is 6.04 Å². The number of benzene rings is 1. The fourth-order valence-corrected chi connectivity index (χ4v) is 3.36. The molecule has 114 valence electrons. The summed E-state index contributed by atoms with van der Waals surface area (Å²) >= 11 is 1.81. The number of hydrogen-bond donors (Lipinski definition) is 3. The predicted octanol–water partition coefficient (Wildman–Crippen LogP) is 1.88. The van der Waals surface area contributed by atoms with E-state index in [2.05, 4.69) is 10.6 Å². The summed E-state index contributed by atoms with van der Waals surface area (Å²) in [6.07, 6.45) is 2.32. The van der Waals surface area contributed by atoms with Gasteiger partial charge in [0.2, 0.25) is 0 Å². The molecule has 2 atom stereocenters. The van der Waals surface area contributed by atoms with Gasteiger partial charge in [-0.3, -0.25) is 0 Å². The Labute approximate surface area is 128 Å². The highest BCUT2D eigenvalue weighted by Gasteiger charge is 2.22. The number of hydrogen-bond acceptors (Lipinski definition) is 3. The minimum absolute atomic E-state index is 0.134. The van der Waals surface area contributed by atoms with Crippen LogP contribution in [0.2, 0.25) is 0 Å². The molecule has 0 spiro atoms. The van der Waals surface area contributed by atoms with E-state index >= 15 is 0 Å². The third-order valence-corrected chi connectivity index (χ3v) is 4.60. The predicted molar refractivity (Wildman–Crippen MR) is 83.6 cm³/mol. The van der Waals surface area contributed by atoms with Crippen molar-refractivity contribution in [3.05, 3.63) is 35.9 Å². The second-order valence-corrected chi connectivity index (χ2v) is 6.26. The van der Waals surface area contributed by atoms with Crippen LogP contribution in [0.5, 0.6) is 0 Å². The van der Waals surface area contributed by atoms with Crippen molar-refractivity contribution < 1.29 is 14.7 Å². The van der Waals surface area contributed by atoms with Gasteiger partial charge < -0.3 is 15.7 Å². The first-order chi connectivity index (χ1) is 10.1. The second kappa shape index (κ2) is 7.93. The number of thioether (sulfide) groups is 1. The molecule has 0 radical (unpaired) electrons. The fourth-order valence-electron chi connectivity index (χ4n) is 2.29. The van der Waals surface area contributed by atoms with Gasteiger partial charge in [-0.1, -0.05) is 30.3 Å². The average molecular weight is 308 g/mol. The van der Waals surface area contributed by atoms with E-state index in [9.17, 15) is 14.7 Å². The lowest BCUT2D eigenvalue weighted by atomic mass is 10.1. The summed E-state index contributed by atoms with van der Waals surface area (Å²) in [4.78, 5) is 23.2. The van der Waals surface area contributed by atoms with Crippen LogP contribution in [-0.4, -0.2) is 40.7 Å². The summed E-state index contributed by atoms with van der Waals surface area (Å²) in [5.74, 6) is 1.00. The van der Waals surface area contributed by atoms with Gasteiger partial charge in [0.15, 0.2) is 0 Å². The molecule has 21 heavy (non-hydrogen) atoms. The highest BCUT2D eigenvalue weighted by atomic mass is 32.2. The molecule has 2 amide bonds. The highest BCUT2D eigenvalue weighted by molar-refractivity contribution is 7.99. The first kappa shape index (κ1) is 15.7. The van der Waals surface area contributed by atoms with E-state index < -0.39 is 18.0 Å². The second-order valence-electron chi connectivity index (χ2n) is 5.11. The molecule has 1 aromatic carbocycles. The molecule has 2 unspecified atom stereocenters. The molecule has 0 aromatic heterocycles. The molecule has 1 aliphatic heterocycles. The van der Waals surface area contributed by atoms with E-state index in [0.29, 0.717) is 0 Å². The molecule has 2 rings (SSSR count). The van der Waals surface area contributed by atoms with Crippen LogP contribution in [0.4, 0.5) is 4.79 Å². The third kappa shape index (κ3) is 5.30. The smallest absolute Gasteiger partial charge is 0.326 e. The van der Waals surface area contributed by atoms with Crippen LogP contribution >= 0.6 is 11.8 Å². The first-order valence-electron chi connectivity index (χ1n) is 7.06. The molecule has 0 saturated carbocycles. The topological polar surface area (TPSA) is 78.4 Å². The number of carboxylic acids is 1. The van der Waals surface area contributed by atoms with Crippen molar-refractivity contribution in [2.75, 3.05) is 11.5 Å². The van der Waals surface area contributed by atoms with Gasteiger partial charge in [0, 0.05) is 18.2 Å². The van der Waals surface area contributed by atoms with Gasteiger partial charge in [0.25, 0.3) is 0 Å². The largest absolute Gasteiger partial charge is 0.480 e. The monoisotopic (exact) mass is 308 g/mol. The lowest BCUT2D eigenvalue weighted by Crippen LogP contribution is -2.50. The maximum atomic E-state index is 11.9. The molecule has 1 aliphatic rings. The zero-order chi connectivity index (χ0) is 15.1. The Morgan fingerprint density at radius 2 is 2.10 bits per heavy atom. The third-order valence-electron chi connectivity index (χ3n) is 3.38.